The summed E-state index contributed by atoms with van der Waals surface area (Å²) >= 11 is 2.24. The van der Waals surface area contributed by atoms with Gasteiger partial charge >= 0.3 is 0 Å². The molecule has 0 bridgehead atoms. The second-order valence-electron chi connectivity index (χ2n) is 3.04. The maximum absolute atomic E-state index is 8.62. The van der Waals surface area contributed by atoms with Crippen molar-refractivity contribution >= 4 is 28.3 Å². The van der Waals surface area contributed by atoms with E-state index < -0.39 is 0 Å². The topological polar surface area (TPSA) is 46.2 Å². The van der Waals surface area contributed by atoms with Crippen LogP contribution in [-0.2, 0) is 6.42 Å². The van der Waals surface area contributed by atoms with Gasteiger partial charge in [-0.3, -0.25) is 0 Å². The highest BCUT2D eigenvalue weighted by Gasteiger charge is 1.97. The number of rotatable bonds is 4. The van der Waals surface area contributed by atoms with Gasteiger partial charge in [0.15, 0.2) is 0 Å². The van der Waals surface area contributed by atoms with Crippen LogP contribution in [0.25, 0.3) is 0 Å². The Balaban J connectivity index is 2.53. The van der Waals surface area contributed by atoms with Crippen LogP contribution in [0.15, 0.2) is 18.2 Å². The molecule has 1 rings (SSSR count). The molecule has 13 heavy (non-hydrogen) atoms. The Morgan fingerprint density at radius 2 is 2.08 bits per heavy atom. The van der Waals surface area contributed by atoms with Crippen molar-refractivity contribution < 1.29 is 5.11 Å². The maximum atomic E-state index is 8.62. The lowest BCUT2D eigenvalue weighted by Crippen LogP contribution is -1.93. The van der Waals surface area contributed by atoms with Crippen molar-refractivity contribution in [3.8, 4) is 0 Å². The number of hydrogen-bond donors (Lipinski definition) is 2. The second kappa shape index (κ2) is 5.44. The summed E-state index contributed by atoms with van der Waals surface area (Å²) in [4.78, 5) is 0. The molecule has 0 atom stereocenters. The quantitative estimate of drug-likeness (QED) is 0.507. The van der Waals surface area contributed by atoms with Gasteiger partial charge in [-0.1, -0.05) is 6.07 Å². The summed E-state index contributed by atoms with van der Waals surface area (Å²) in [5.41, 5.74) is 7.83. The number of halogens is 1. The summed E-state index contributed by atoms with van der Waals surface area (Å²) in [6, 6.07) is 6.10. The van der Waals surface area contributed by atoms with E-state index in [-0.39, 0.29) is 6.61 Å². The number of hydrogen-bond acceptors (Lipinski definition) is 2. The molecule has 0 aliphatic rings. The van der Waals surface area contributed by atoms with Crippen molar-refractivity contribution in [2.75, 3.05) is 12.3 Å². The normalized spacial score (nSPS) is 10.3. The SMILES string of the molecule is Nc1ccc(CCCCO)cc1I. The van der Waals surface area contributed by atoms with Crippen molar-refractivity contribution in [2.24, 2.45) is 0 Å². The molecular formula is C10H14INO. The lowest BCUT2D eigenvalue weighted by molar-refractivity contribution is 0.284. The van der Waals surface area contributed by atoms with Gasteiger partial charge in [-0.25, -0.2) is 0 Å². The van der Waals surface area contributed by atoms with Crippen LogP contribution in [0.4, 0.5) is 5.69 Å². The molecule has 0 fully saturated rings. The van der Waals surface area contributed by atoms with E-state index in [9.17, 15) is 0 Å². The second-order valence-corrected chi connectivity index (χ2v) is 4.20. The van der Waals surface area contributed by atoms with Crippen LogP contribution in [0.3, 0.4) is 0 Å². The zero-order chi connectivity index (χ0) is 9.68. The minimum Gasteiger partial charge on any atom is -0.398 e. The predicted octanol–water partition coefficient (Wildman–Crippen LogP) is 2.19. The number of nitrogens with two attached hydrogens (primary N) is 1. The molecule has 0 unspecified atom stereocenters. The van der Waals surface area contributed by atoms with Crippen LogP contribution in [-0.4, -0.2) is 11.7 Å². The van der Waals surface area contributed by atoms with Crippen molar-refractivity contribution in [3.05, 3.63) is 27.3 Å². The van der Waals surface area contributed by atoms with Gasteiger partial charge in [-0.2, -0.15) is 0 Å². The van der Waals surface area contributed by atoms with Gasteiger partial charge in [0, 0.05) is 15.9 Å². The van der Waals surface area contributed by atoms with Crippen LogP contribution >= 0.6 is 22.6 Å². The van der Waals surface area contributed by atoms with Gasteiger partial charge < -0.3 is 10.8 Å². The van der Waals surface area contributed by atoms with E-state index in [1.807, 2.05) is 6.07 Å². The zero-order valence-corrected chi connectivity index (χ0v) is 9.62. The average Bonchev–Trinajstić information content (AvgIpc) is 2.12. The fourth-order valence-corrected chi connectivity index (χ4v) is 1.75. The van der Waals surface area contributed by atoms with E-state index in [0.717, 1.165) is 28.5 Å². The van der Waals surface area contributed by atoms with Gasteiger partial charge in [0.25, 0.3) is 0 Å². The minimum atomic E-state index is 0.284. The summed E-state index contributed by atoms with van der Waals surface area (Å²) in [5, 5.41) is 8.62. The minimum absolute atomic E-state index is 0.284. The summed E-state index contributed by atoms with van der Waals surface area (Å²) < 4.78 is 1.11. The molecule has 0 radical (unpaired) electrons. The molecule has 3 N–H and O–H groups in total. The number of aliphatic hydroxyl groups is 1. The van der Waals surface area contributed by atoms with Gasteiger partial charge in [-0.15, -0.1) is 0 Å². The molecule has 3 heteroatoms. The van der Waals surface area contributed by atoms with E-state index in [1.165, 1.54) is 5.56 Å². The predicted molar refractivity (Wildman–Crippen MR) is 63.6 cm³/mol. The van der Waals surface area contributed by atoms with Crippen LogP contribution in [0.1, 0.15) is 18.4 Å². The van der Waals surface area contributed by atoms with E-state index >= 15 is 0 Å². The van der Waals surface area contributed by atoms with Crippen LogP contribution < -0.4 is 5.73 Å². The highest BCUT2D eigenvalue weighted by molar-refractivity contribution is 14.1. The highest BCUT2D eigenvalue weighted by atomic mass is 127. The van der Waals surface area contributed by atoms with Crippen molar-refractivity contribution in [3.63, 3.8) is 0 Å². The summed E-state index contributed by atoms with van der Waals surface area (Å²) in [5.74, 6) is 0. The summed E-state index contributed by atoms with van der Waals surface area (Å²) in [6.07, 6.45) is 2.94. The molecule has 0 heterocycles. The first-order chi connectivity index (χ1) is 6.24. The van der Waals surface area contributed by atoms with Gasteiger partial charge in [0.05, 0.1) is 0 Å². The summed E-state index contributed by atoms with van der Waals surface area (Å²) in [6.45, 7) is 0.284. The van der Waals surface area contributed by atoms with E-state index in [0.29, 0.717) is 0 Å². The lowest BCUT2D eigenvalue weighted by atomic mass is 10.1. The van der Waals surface area contributed by atoms with Crippen molar-refractivity contribution in [1.82, 2.24) is 0 Å². The molecule has 72 valence electrons. The monoisotopic (exact) mass is 291 g/mol. The first-order valence-corrected chi connectivity index (χ1v) is 5.46. The molecule has 0 aromatic heterocycles. The molecule has 0 amide bonds. The van der Waals surface area contributed by atoms with Crippen molar-refractivity contribution in [2.45, 2.75) is 19.3 Å². The standard InChI is InChI=1S/C10H14INO/c11-9-7-8(3-1-2-6-13)4-5-10(9)12/h4-5,7,13H,1-3,6,12H2. The van der Waals surface area contributed by atoms with Gasteiger partial charge in [0.2, 0.25) is 0 Å². The third kappa shape index (κ3) is 3.52. The van der Waals surface area contributed by atoms with E-state index in [4.69, 9.17) is 10.8 Å². The number of benzene rings is 1. The average molecular weight is 291 g/mol. The van der Waals surface area contributed by atoms with Crippen LogP contribution in [0.5, 0.6) is 0 Å². The molecule has 0 saturated heterocycles. The molecule has 0 spiro atoms. The third-order valence-corrected chi connectivity index (χ3v) is 2.87. The molecule has 0 aliphatic carbocycles. The number of anilines is 1. The Kier molecular flexibility index (Phi) is 4.52. The fourth-order valence-electron chi connectivity index (χ4n) is 1.17. The third-order valence-electron chi connectivity index (χ3n) is 1.94. The molecule has 1 aromatic rings. The van der Waals surface area contributed by atoms with Crippen molar-refractivity contribution in [1.29, 1.82) is 0 Å². The lowest BCUT2D eigenvalue weighted by Gasteiger charge is -2.03. The van der Waals surface area contributed by atoms with Crippen LogP contribution in [0, 0.1) is 3.57 Å². The fraction of sp³-hybridized carbons (Fsp3) is 0.400. The highest BCUT2D eigenvalue weighted by Crippen LogP contribution is 2.17. The van der Waals surface area contributed by atoms with Crippen LogP contribution in [0.2, 0.25) is 0 Å². The van der Waals surface area contributed by atoms with Gasteiger partial charge in [0.1, 0.15) is 0 Å². The first-order valence-electron chi connectivity index (χ1n) is 4.39. The van der Waals surface area contributed by atoms with E-state index in [1.54, 1.807) is 0 Å². The number of aliphatic hydroxyl groups excluding tert-OH is 1. The molecule has 0 aliphatic heterocycles. The molecule has 0 saturated carbocycles. The Bertz CT molecular complexity index is 276. The first kappa shape index (κ1) is 10.8. The molecule has 2 nitrogen and oxygen atoms in total. The number of nitrogen functional groups attached to an aromatic ring is 1. The molecular weight excluding hydrogens is 277 g/mol. The zero-order valence-electron chi connectivity index (χ0n) is 7.46. The maximum Gasteiger partial charge on any atom is 0.0449 e. The summed E-state index contributed by atoms with van der Waals surface area (Å²) in [7, 11) is 0. The Hall–Kier alpha value is -0.290. The Morgan fingerprint density at radius 1 is 1.31 bits per heavy atom. The van der Waals surface area contributed by atoms with Gasteiger partial charge in [-0.05, 0) is 59.5 Å². The number of unbranched alkanes of at least 4 members (excludes halogenated alkanes) is 1. The van der Waals surface area contributed by atoms with E-state index in [2.05, 4.69) is 34.7 Å². The Labute approximate surface area is 92.3 Å². The smallest absolute Gasteiger partial charge is 0.0449 e. The Morgan fingerprint density at radius 3 is 2.69 bits per heavy atom. The molecule has 1 aromatic carbocycles. The number of aryl methyl sites for hydroxylation is 1. The largest absolute Gasteiger partial charge is 0.398 e.